The van der Waals surface area contributed by atoms with Gasteiger partial charge in [-0.2, -0.15) is 0 Å². The molecule has 1 unspecified atom stereocenters. The van der Waals surface area contributed by atoms with E-state index in [2.05, 4.69) is 5.43 Å². The van der Waals surface area contributed by atoms with E-state index in [9.17, 15) is 4.39 Å². The molecule has 5 heteroatoms. The highest BCUT2D eigenvalue weighted by Crippen LogP contribution is 2.31. The number of aryl methyl sites for hydroxylation is 1. The van der Waals surface area contributed by atoms with E-state index in [1.807, 2.05) is 18.4 Å². The maximum Gasteiger partial charge on any atom is 0.146 e. The van der Waals surface area contributed by atoms with E-state index >= 15 is 0 Å². The number of hydrazine groups is 1. The Labute approximate surface area is 108 Å². The Morgan fingerprint density at radius 2 is 2.12 bits per heavy atom. The van der Waals surface area contributed by atoms with Gasteiger partial charge >= 0.3 is 0 Å². The van der Waals surface area contributed by atoms with Crippen LogP contribution in [0.25, 0.3) is 0 Å². The molecule has 3 N–H and O–H groups in total. The largest absolute Gasteiger partial charge is 0.271 e. The smallest absolute Gasteiger partial charge is 0.146 e. The normalized spacial score (nSPS) is 12.7. The topological polar surface area (TPSA) is 38.0 Å². The molecule has 0 saturated carbocycles. The zero-order valence-corrected chi connectivity index (χ0v) is 10.8. The maximum absolute atomic E-state index is 13.9. The first-order chi connectivity index (χ1) is 8.15. The third-order valence-corrected chi connectivity index (χ3v) is 3.82. The lowest BCUT2D eigenvalue weighted by Gasteiger charge is -2.17. The highest BCUT2D eigenvalue weighted by Gasteiger charge is 2.20. The molecule has 1 aromatic heterocycles. The molecule has 0 amide bonds. The van der Waals surface area contributed by atoms with Gasteiger partial charge in [0, 0.05) is 10.4 Å². The Morgan fingerprint density at radius 1 is 1.35 bits per heavy atom. The number of rotatable bonds is 3. The number of hydrogen-bond donors (Lipinski definition) is 2. The van der Waals surface area contributed by atoms with Gasteiger partial charge in [-0.1, -0.05) is 23.7 Å². The van der Waals surface area contributed by atoms with Crippen molar-refractivity contribution in [3.8, 4) is 0 Å². The average molecular weight is 271 g/mol. The van der Waals surface area contributed by atoms with Gasteiger partial charge in [0.15, 0.2) is 0 Å². The van der Waals surface area contributed by atoms with E-state index in [1.165, 1.54) is 6.07 Å². The molecule has 17 heavy (non-hydrogen) atoms. The van der Waals surface area contributed by atoms with Gasteiger partial charge in [0.25, 0.3) is 0 Å². The fourth-order valence-electron chi connectivity index (χ4n) is 1.78. The van der Waals surface area contributed by atoms with Crippen molar-refractivity contribution in [3.63, 3.8) is 0 Å². The van der Waals surface area contributed by atoms with Crippen molar-refractivity contribution in [2.75, 3.05) is 0 Å². The summed E-state index contributed by atoms with van der Waals surface area (Å²) in [5.41, 5.74) is 4.07. The molecular formula is C12H12ClFN2S. The monoisotopic (exact) mass is 270 g/mol. The van der Waals surface area contributed by atoms with Crippen LogP contribution in [0.4, 0.5) is 4.39 Å². The van der Waals surface area contributed by atoms with Crippen molar-refractivity contribution >= 4 is 22.9 Å². The summed E-state index contributed by atoms with van der Waals surface area (Å²) >= 11 is 7.38. The first kappa shape index (κ1) is 12.5. The van der Waals surface area contributed by atoms with E-state index in [-0.39, 0.29) is 11.1 Å². The SMILES string of the molecule is Cc1sccc1C(NN)c1cccc(Cl)c1F. The van der Waals surface area contributed by atoms with Crippen LogP contribution in [0.3, 0.4) is 0 Å². The first-order valence-corrected chi connectivity index (χ1v) is 6.35. The zero-order chi connectivity index (χ0) is 12.4. The van der Waals surface area contributed by atoms with Gasteiger partial charge in [-0.05, 0) is 30.0 Å². The molecule has 0 aliphatic heterocycles. The fraction of sp³-hybridized carbons (Fsp3) is 0.167. The quantitative estimate of drug-likeness (QED) is 0.663. The standard InChI is InChI=1S/C12H12ClFN2S/c1-7-8(5-6-17-7)12(16-15)9-3-2-4-10(13)11(9)14/h2-6,12,16H,15H2,1H3. The molecule has 1 aromatic carbocycles. The molecular weight excluding hydrogens is 259 g/mol. The van der Waals surface area contributed by atoms with Crippen LogP contribution in [0.5, 0.6) is 0 Å². The number of thiophene rings is 1. The van der Waals surface area contributed by atoms with Gasteiger partial charge in [-0.3, -0.25) is 5.84 Å². The Bertz CT molecular complexity index is 527. The number of nitrogens with two attached hydrogens (primary N) is 1. The second-order valence-electron chi connectivity index (χ2n) is 3.67. The highest BCUT2D eigenvalue weighted by atomic mass is 35.5. The van der Waals surface area contributed by atoms with Crippen LogP contribution in [0, 0.1) is 12.7 Å². The average Bonchev–Trinajstić information content (AvgIpc) is 2.72. The van der Waals surface area contributed by atoms with Crippen molar-refractivity contribution in [1.29, 1.82) is 0 Å². The number of benzene rings is 1. The minimum absolute atomic E-state index is 0.107. The van der Waals surface area contributed by atoms with Crippen molar-refractivity contribution in [3.05, 3.63) is 56.5 Å². The lowest BCUT2D eigenvalue weighted by Crippen LogP contribution is -2.29. The molecule has 0 spiro atoms. The van der Waals surface area contributed by atoms with Crippen molar-refractivity contribution < 1.29 is 4.39 Å². The van der Waals surface area contributed by atoms with E-state index in [0.29, 0.717) is 5.56 Å². The lowest BCUT2D eigenvalue weighted by atomic mass is 9.99. The van der Waals surface area contributed by atoms with Gasteiger partial charge in [-0.15, -0.1) is 11.3 Å². The first-order valence-electron chi connectivity index (χ1n) is 5.09. The molecule has 2 nitrogen and oxygen atoms in total. The van der Waals surface area contributed by atoms with Crippen LogP contribution in [0.15, 0.2) is 29.6 Å². The van der Waals surface area contributed by atoms with Crippen LogP contribution in [0.2, 0.25) is 5.02 Å². The van der Waals surface area contributed by atoms with Gasteiger partial charge in [0.2, 0.25) is 0 Å². The Balaban J connectivity index is 2.50. The molecule has 0 aliphatic carbocycles. The van der Waals surface area contributed by atoms with Gasteiger partial charge < -0.3 is 0 Å². The lowest BCUT2D eigenvalue weighted by molar-refractivity contribution is 0.560. The van der Waals surface area contributed by atoms with Crippen LogP contribution < -0.4 is 11.3 Å². The van der Waals surface area contributed by atoms with Crippen molar-refractivity contribution in [2.45, 2.75) is 13.0 Å². The van der Waals surface area contributed by atoms with E-state index in [4.69, 9.17) is 17.4 Å². The highest BCUT2D eigenvalue weighted by molar-refractivity contribution is 7.10. The summed E-state index contributed by atoms with van der Waals surface area (Å²) in [7, 11) is 0. The van der Waals surface area contributed by atoms with Crippen LogP contribution in [0.1, 0.15) is 22.0 Å². The maximum atomic E-state index is 13.9. The second-order valence-corrected chi connectivity index (χ2v) is 5.20. The molecule has 1 heterocycles. The van der Waals surface area contributed by atoms with E-state index < -0.39 is 5.82 Å². The van der Waals surface area contributed by atoms with Gasteiger partial charge in [0.1, 0.15) is 5.82 Å². The summed E-state index contributed by atoms with van der Waals surface area (Å²) in [6.07, 6.45) is 0. The molecule has 0 aliphatic rings. The van der Waals surface area contributed by atoms with Crippen LogP contribution >= 0.6 is 22.9 Å². The molecule has 0 fully saturated rings. The molecule has 0 saturated heterocycles. The molecule has 2 aromatic rings. The van der Waals surface area contributed by atoms with Crippen LogP contribution in [-0.4, -0.2) is 0 Å². The van der Waals surface area contributed by atoms with Gasteiger partial charge in [0.05, 0.1) is 11.1 Å². The predicted molar refractivity (Wildman–Crippen MR) is 69.6 cm³/mol. The number of halogens is 2. The van der Waals surface area contributed by atoms with Crippen LogP contribution in [-0.2, 0) is 0 Å². The fourth-order valence-corrected chi connectivity index (χ4v) is 2.71. The summed E-state index contributed by atoms with van der Waals surface area (Å²) in [4.78, 5) is 1.10. The number of nitrogens with one attached hydrogen (secondary N) is 1. The summed E-state index contributed by atoms with van der Waals surface area (Å²) in [5.74, 6) is 5.10. The van der Waals surface area contributed by atoms with Gasteiger partial charge in [-0.25, -0.2) is 9.82 Å². The Hall–Kier alpha value is -0.940. The third-order valence-electron chi connectivity index (χ3n) is 2.67. The summed E-state index contributed by atoms with van der Waals surface area (Å²) in [6, 6.07) is 6.48. The van der Waals surface area contributed by atoms with E-state index in [0.717, 1.165) is 10.4 Å². The molecule has 1 atom stereocenters. The summed E-state index contributed by atoms with van der Waals surface area (Å²) in [6.45, 7) is 1.98. The molecule has 0 radical (unpaired) electrons. The summed E-state index contributed by atoms with van der Waals surface area (Å²) in [5, 5.41) is 2.06. The minimum atomic E-state index is -0.428. The Kier molecular flexibility index (Phi) is 3.79. The minimum Gasteiger partial charge on any atom is -0.271 e. The summed E-state index contributed by atoms with van der Waals surface area (Å²) < 4.78 is 13.9. The molecule has 0 bridgehead atoms. The van der Waals surface area contributed by atoms with E-state index in [1.54, 1.807) is 23.5 Å². The zero-order valence-electron chi connectivity index (χ0n) is 9.21. The predicted octanol–water partition coefficient (Wildman–Crippen LogP) is 3.40. The molecule has 2 rings (SSSR count). The van der Waals surface area contributed by atoms with Crippen molar-refractivity contribution in [2.24, 2.45) is 5.84 Å². The molecule has 90 valence electrons. The van der Waals surface area contributed by atoms with Crippen molar-refractivity contribution in [1.82, 2.24) is 5.43 Å². The second kappa shape index (κ2) is 5.14. The Morgan fingerprint density at radius 3 is 2.71 bits per heavy atom. The number of hydrogen-bond acceptors (Lipinski definition) is 3. The third kappa shape index (κ3) is 2.35.